The van der Waals surface area contributed by atoms with Crippen LogP contribution in [0.15, 0.2) is 24.3 Å². The molecule has 0 fully saturated rings. The van der Waals surface area contributed by atoms with Gasteiger partial charge in [0.15, 0.2) is 0 Å². The van der Waals surface area contributed by atoms with Crippen LogP contribution in [0.2, 0.25) is 0 Å². The van der Waals surface area contributed by atoms with Crippen LogP contribution in [-0.4, -0.2) is 36.3 Å². The highest BCUT2D eigenvalue weighted by atomic mass is 16.5. The number of aliphatic carboxylic acids is 1. The molecule has 0 saturated carbocycles. The van der Waals surface area contributed by atoms with E-state index in [9.17, 15) is 14.4 Å². The fourth-order valence-electron chi connectivity index (χ4n) is 1.24. The number of nitrogens with two attached hydrogens (primary N) is 1. The highest BCUT2D eigenvalue weighted by Gasteiger charge is 2.19. The first-order valence-corrected chi connectivity index (χ1v) is 5.56. The summed E-state index contributed by atoms with van der Waals surface area (Å²) in [7, 11) is 1.23. The summed E-state index contributed by atoms with van der Waals surface area (Å²) in [5, 5.41) is 10.9. The zero-order valence-corrected chi connectivity index (χ0v) is 10.7. The molecule has 0 aliphatic rings. The van der Waals surface area contributed by atoms with E-state index in [1.165, 1.54) is 31.4 Å². The van der Waals surface area contributed by atoms with Crippen molar-refractivity contribution in [3.8, 4) is 5.75 Å². The van der Waals surface area contributed by atoms with Crippen molar-refractivity contribution in [2.24, 2.45) is 5.73 Å². The number of amides is 1. The zero-order valence-electron chi connectivity index (χ0n) is 10.7. The molecule has 1 aromatic carbocycles. The van der Waals surface area contributed by atoms with E-state index in [1.807, 2.05) is 0 Å². The second-order valence-electron chi connectivity index (χ2n) is 3.77. The first-order valence-electron chi connectivity index (χ1n) is 5.56. The molecule has 0 aromatic heterocycles. The molecule has 1 atom stereocenters. The van der Waals surface area contributed by atoms with E-state index >= 15 is 0 Å². The Hall–Kier alpha value is -2.61. The van der Waals surface area contributed by atoms with Gasteiger partial charge in [-0.1, -0.05) is 0 Å². The van der Waals surface area contributed by atoms with E-state index < -0.39 is 30.5 Å². The summed E-state index contributed by atoms with van der Waals surface area (Å²) in [6.07, 6.45) is -1.14. The van der Waals surface area contributed by atoms with Gasteiger partial charge in [0.25, 0.3) is 0 Å². The number of ether oxygens (including phenoxy) is 2. The molecule has 0 spiro atoms. The minimum atomic E-state index is -1.24. The second-order valence-corrected chi connectivity index (χ2v) is 3.77. The molecule has 0 aliphatic heterocycles. The molecule has 0 radical (unpaired) electrons. The number of hydrogen-bond donors (Lipinski definition) is 3. The summed E-state index contributed by atoms with van der Waals surface area (Å²) in [4.78, 5) is 32.8. The van der Waals surface area contributed by atoms with Crippen molar-refractivity contribution in [3.63, 3.8) is 0 Å². The average molecular weight is 282 g/mol. The van der Waals surface area contributed by atoms with Crippen molar-refractivity contribution in [2.75, 3.05) is 12.4 Å². The van der Waals surface area contributed by atoms with Gasteiger partial charge in [-0.2, -0.15) is 0 Å². The van der Waals surface area contributed by atoms with Crippen LogP contribution >= 0.6 is 0 Å². The SMILES string of the molecule is COC(=O)Nc1ccc(OC(=O)C(N)CC(=O)O)cc1. The Balaban J connectivity index is 2.59. The maximum atomic E-state index is 11.5. The molecule has 4 N–H and O–H groups in total. The van der Waals surface area contributed by atoms with Gasteiger partial charge < -0.3 is 20.3 Å². The number of hydrogen-bond acceptors (Lipinski definition) is 6. The number of nitrogens with one attached hydrogen (secondary N) is 1. The second kappa shape index (κ2) is 7.10. The third kappa shape index (κ3) is 4.94. The third-order valence-electron chi connectivity index (χ3n) is 2.20. The maximum Gasteiger partial charge on any atom is 0.411 e. The lowest BCUT2D eigenvalue weighted by molar-refractivity contribution is -0.143. The summed E-state index contributed by atoms with van der Waals surface area (Å²) in [5.41, 5.74) is 5.80. The molecule has 8 heteroatoms. The zero-order chi connectivity index (χ0) is 15.1. The van der Waals surface area contributed by atoms with Gasteiger partial charge in [-0.05, 0) is 24.3 Å². The fourth-order valence-corrected chi connectivity index (χ4v) is 1.24. The molecule has 1 unspecified atom stereocenters. The highest BCUT2D eigenvalue weighted by molar-refractivity contribution is 5.85. The minimum absolute atomic E-state index is 0.186. The third-order valence-corrected chi connectivity index (χ3v) is 2.20. The van der Waals surface area contributed by atoms with Crippen molar-refractivity contribution in [1.29, 1.82) is 0 Å². The Labute approximate surface area is 114 Å². The first kappa shape index (κ1) is 15.4. The normalized spacial score (nSPS) is 11.3. The van der Waals surface area contributed by atoms with Crippen molar-refractivity contribution in [1.82, 2.24) is 0 Å². The van der Waals surface area contributed by atoms with Crippen LogP contribution in [-0.2, 0) is 14.3 Å². The minimum Gasteiger partial charge on any atom is -0.481 e. The number of esters is 1. The van der Waals surface area contributed by atoms with Crippen molar-refractivity contribution >= 4 is 23.7 Å². The highest BCUT2D eigenvalue weighted by Crippen LogP contribution is 2.16. The van der Waals surface area contributed by atoms with Crippen LogP contribution in [0, 0.1) is 0 Å². The van der Waals surface area contributed by atoms with Gasteiger partial charge in [-0.3, -0.25) is 10.1 Å². The van der Waals surface area contributed by atoms with Gasteiger partial charge in [-0.15, -0.1) is 0 Å². The quantitative estimate of drug-likeness (QED) is 0.532. The Morgan fingerprint density at radius 3 is 2.40 bits per heavy atom. The van der Waals surface area contributed by atoms with Gasteiger partial charge in [0.1, 0.15) is 11.8 Å². The topological polar surface area (TPSA) is 128 Å². The summed E-state index contributed by atoms with van der Waals surface area (Å²) < 4.78 is 9.30. The molecular weight excluding hydrogens is 268 g/mol. The summed E-state index contributed by atoms with van der Waals surface area (Å²) in [6.45, 7) is 0. The Morgan fingerprint density at radius 1 is 1.30 bits per heavy atom. The van der Waals surface area contributed by atoms with Crippen LogP contribution < -0.4 is 15.8 Å². The van der Waals surface area contributed by atoms with Gasteiger partial charge in [0.2, 0.25) is 0 Å². The molecular formula is C12H14N2O6. The standard InChI is InChI=1S/C12H14N2O6/c1-19-12(18)14-7-2-4-8(5-3-7)20-11(17)9(13)6-10(15)16/h2-5,9H,6,13H2,1H3,(H,14,18)(H,15,16). The van der Waals surface area contributed by atoms with Crippen molar-refractivity contribution in [2.45, 2.75) is 12.5 Å². The average Bonchev–Trinajstić information content (AvgIpc) is 2.40. The number of carbonyl (C=O) groups is 3. The van der Waals surface area contributed by atoms with Gasteiger partial charge in [0.05, 0.1) is 13.5 Å². The van der Waals surface area contributed by atoms with Crippen molar-refractivity contribution in [3.05, 3.63) is 24.3 Å². The van der Waals surface area contributed by atoms with E-state index in [-0.39, 0.29) is 5.75 Å². The smallest absolute Gasteiger partial charge is 0.411 e. The fraction of sp³-hybridized carbons (Fsp3) is 0.250. The predicted octanol–water partition coefficient (Wildman–Crippen LogP) is 0.572. The Kier molecular flexibility index (Phi) is 5.48. The number of anilines is 1. The molecule has 0 bridgehead atoms. The number of carboxylic acid groups (broad SMARTS) is 1. The number of rotatable bonds is 5. The van der Waals surface area contributed by atoms with Gasteiger partial charge in [-0.25, -0.2) is 9.59 Å². The molecule has 0 heterocycles. The number of carboxylic acids is 1. The molecule has 0 aliphatic carbocycles. The van der Waals surface area contributed by atoms with E-state index in [0.29, 0.717) is 5.69 Å². The predicted molar refractivity (Wildman–Crippen MR) is 68.3 cm³/mol. The van der Waals surface area contributed by atoms with Crippen LogP contribution in [0.1, 0.15) is 6.42 Å². The number of benzene rings is 1. The molecule has 1 rings (SSSR count). The molecule has 1 aromatic rings. The van der Waals surface area contributed by atoms with Crippen LogP contribution in [0.5, 0.6) is 5.75 Å². The van der Waals surface area contributed by atoms with Gasteiger partial charge >= 0.3 is 18.0 Å². The molecule has 108 valence electrons. The molecule has 20 heavy (non-hydrogen) atoms. The lowest BCUT2D eigenvalue weighted by Crippen LogP contribution is -2.36. The molecule has 1 amide bonds. The maximum absolute atomic E-state index is 11.5. The van der Waals surface area contributed by atoms with E-state index in [2.05, 4.69) is 10.1 Å². The molecule has 8 nitrogen and oxygen atoms in total. The van der Waals surface area contributed by atoms with Crippen molar-refractivity contribution < 1.29 is 29.0 Å². The largest absolute Gasteiger partial charge is 0.481 e. The van der Waals surface area contributed by atoms with Gasteiger partial charge in [0, 0.05) is 5.69 Å². The lowest BCUT2D eigenvalue weighted by Gasteiger charge is -2.09. The monoisotopic (exact) mass is 282 g/mol. The number of carbonyl (C=O) groups excluding carboxylic acids is 2. The van der Waals surface area contributed by atoms with Crippen LogP contribution in [0.4, 0.5) is 10.5 Å². The van der Waals surface area contributed by atoms with E-state index in [4.69, 9.17) is 15.6 Å². The summed E-state index contributed by atoms with van der Waals surface area (Å²) >= 11 is 0. The van der Waals surface area contributed by atoms with E-state index in [1.54, 1.807) is 0 Å². The van der Waals surface area contributed by atoms with Crippen LogP contribution in [0.3, 0.4) is 0 Å². The summed E-state index contributed by atoms with van der Waals surface area (Å²) in [6, 6.07) is 4.60. The summed E-state index contributed by atoms with van der Waals surface area (Å²) in [5.74, 6) is -1.85. The van der Waals surface area contributed by atoms with Crippen LogP contribution in [0.25, 0.3) is 0 Å². The molecule has 0 saturated heterocycles. The van der Waals surface area contributed by atoms with E-state index in [0.717, 1.165) is 0 Å². The first-order chi connectivity index (χ1) is 9.42. The lowest BCUT2D eigenvalue weighted by atomic mass is 10.2. The number of methoxy groups -OCH3 is 1. The Bertz CT molecular complexity index is 499. The Morgan fingerprint density at radius 2 is 1.90 bits per heavy atom.